The number of allylic oxidation sites excluding steroid dienone is 1. The zero-order valence-electron chi connectivity index (χ0n) is 24.7. The molecule has 0 aromatic carbocycles. The molecular weight excluding hydrogens is 480 g/mol. The van der Waals surface area contributed by atoms with E-state index in [1.165, 1.54) is 12.5 Å². The van der Waals surface area contributed by atoms with Crippen molar-refractivity contribution in [2.75, 3.05) is 6.61 Å². The highest BCUT2D eigenvalue weighted by atomic mass is 16.5. The number of rotatable bonds is 3. The van der Waals surface area contributed by atoms with Crippen molar-refractivity contribution in [3.05, 3.63) is 11.6 Å². The Morgan fingerprint density at radius 2 is 1.68 bits per heavy atom. The van der Waals surface area contributed by atoms with Gasteiger partial charge in [0.2, 0.25) is 0 Å². The maximum absolute atomic E-state index is 13.0. The summed E-state index contributed by atoms with van der Waals surface area (Å²) in [6.45, 7) is 16.9. The molecule has 0 aliphatic heterocycles. The molecule has 5 rings (SSSR count). The molecule has 11 atom stereocenters. The lowest BCUT2D eigenvalue weighted by atomic mass is 9.35. The van der Waals surface area contributed by atoms with E-state index in [-0.39, 0.29) is 57.1 Å². The first-order valence-electron chi connectivity index (χ1n) is 14.9. The van der Waals surface area contributed by atoms with Gasteiger partial charge in [0.05, 0.1) is 18.8 Å². The van der Waals surface area contributed by atoms with Gasteiger partial charge in [0.1, 0.15) is 6.10 Å². The summed E-state index contributed by atoms with van der Waals surface area (Å²) >= 11 is 0. The predicted molar refractivity (Wildman–Crippen MR) is 145 cm³/mol. The van der Waals surface area contributed by atoms with E-state index in [4.69, 9.17) is 4.74 Å². The number of aliphatic hydroxyl groups is 3. The lowest BCUT2D eigenvalue weighted by molar-refractivity contribution is -0.213. The molecule has 0 heterocycles. The monoisotopic (exact) mass is 530 g/mol. The summed E-state index contributed by atoms with van der Waals surface area (Å²) < 4.78 is 5.76. The van der Waals surface area contributed by atoms with Crippen LogP contribution >= 0.6 is 0 Å². The van der Waals surface area contributed by atoms with E-state index in [9.17, 15) is 24.9 Å². The van der Waals surface area contributed by atoms with Crippen LogP contribution in [0.25, 0.3) is 0 Å². The summed E-state index contributed by atoms with van der Waals surface area (Å²) in [5.41, 5.74) is -0.740. The lowest BCUT2D eigenvalue weighted by Gasteiger charge is -2.70. The highest BCUT2D eigenvalue weighted by molar-refractivity contribution is 5.89. The normalized spacial score (nSPS) is 51.4. The van der Waals surface area contributed by atoms with E-state index in [1.807, 2.05) is 13.8 Å². The number of ether oxygens (including phenoxy) is 1. The van der Waals surface area contributed by atoms with Crippen LogP contribution in [0.2, 0.25) is 0 Å². The van der Waals surface area contributed by atoms with Crippen molar-refractivity contribution in [2.45, 2.75) is 112 Å². The number of hydrogen-bond acceptors (Lipinski definition) is 6. The molecule has 3 N–H and O–H groups in total. The molecule has 6 heteroatoms. The average Bonchev–Trinajstić information content (AvgIpc) is 3.12. The Morgan fingerprint density at radius 1 is 1.03 bits per heavy atom. The van der Waals surface area contributed by atoms with Gasteiger partial charge in [-0.3, -0.25) is 9.59 Å². The molecule has 38 heavy (non-hydrogen) atoms. The van der Waals surface area contributed by atoms with Gasteiger partial charge in [-0.25, -0.2) is 0 Å². The summed E-state index contributed by atoms with van der Waals surface area (Å²) in [5, 5.41) is 34.5. The van der Waals surface area contributed by atoms with Crippen LogP contribution in [0.1, 0.15) is 93.9 Å². The minimum Gasteiger partial charge on any atom is -0.465 e. The van der Waals surface area contributed by atoms with Crippen molar-refractivity contribution in [1.29, 1.82) is 0 Å². The molecule has 0 radical (unpaired) electrons. The molecule has 0 aromatic heterocycles. The summed E-state index contributed by atoms with van der Waals surface area (Å²) in [6.07, 6.45) is 4.39. The lowest BCUT2D eigenvalue weighted by Crippen LogP contribution is -2.67. The maximum Gasteiger partial charge on any atom is 0.302 e. The molecule has 5 aliphatic rings. The zero-order valence-corrected chi connectivity index (χ0v) is 24.7. The summed E-state index contributed by atoms with van der Waals surface area (Å²) in [5.74, 6) is 0.0383. The van der Waals surface area contributed by atoms with Crippen molar-refractivity contribution >= 4 is 11.8 Å². The summed E-state index contributed by atoms with van der Waals surface area (Å²) in [6, 6.07) is 0. The number of esters is 1. The third-order valence-electron chi connectivity index (χ3n) is 13.2. The van der Waals surface area contributed by atoms with Crippen LogP contribution in [-0.4, -0.2) is 52.0 Å². The Labute approximate surface area is 228 Å². The minimum absolute atomic E-state index is 0.0367. The second-order valence-corrected chi connectivity index (χ2v) is 15.4. The number of Topliss-reactive ketones (excluding diaryl/α,β-unsaturated/α-hetero) is 1. The van der Waals surface area contributed by atoms with Crippen LogP contribution in [0.3, 0.4) is 0 Å². The van der Waals surface area contributed by atoms with Gasteiger partial charge in [-0.1, -0.05) is 60.1 Å². The molecule has 0 aromatic rings. The minimum atomic E-state index is -0.990. The van der Waals surface area contributed by atoms with Crippen LogP contribution in [0, 0.1) is 56.7 Å². The molecule has 4 fully saturated rings. The Morgan fingerprint density at radius 3 is 2.29 bits per heavy atom. The molecule has 214 valence electrons. The molecule has 4 saturated carbocycles. The number of ketones is 1. The fourth-order valence-electron chi connectivity index (χ4n) is 11.4. The number of carbonyl (C=O) groups is 2. The maximum atomic E-state index is 13.0. The van der Waals surface area contributed by atoms with Crippen LogP contribution < -0.4 is 0 Å². The smallest absolute Gasteiger partial charge is 0.302 e. The molecule has 0 saturated heterocycles. The van der Waals surface area contributed by atoms with Crippen molar-refractivity contribution in [1.82, 2.24) is 0 Å². The predicted octanol–water partition coefficient (Wildman–Crippen LogP) is 4.69. The first kappa shape index (κ1) is 28.3. The summed E-state index contributed by atoms with van der Waals surface area (Å²) in [7, 11) is 0. The Bertz CT molecular complexity index is 1050. The first-order chi connectivity index (χ1) is 17.5. The van der Waals surface area contributed by atoms with Gasteiger partial charge in [-0.05, 0) is 72.5 Å². The number of carbonyl (C=O) groups excluding carboxylic acids is 2. The van der Waals surface area contributed by atoms with E-state index in [1.54, 1.807) is 0 Å². The van der Waals surface area contributed by atoms with Gasteiger partial charge in [0.15, 0.2) is 5.78 Å². The topological polar surface area (TPSA) is 104 Å². The van der Waals surface area contributed by atoms with Crippen LogP contribution in [0.5, 0.6) is 0 Å². The fourth-order valence-corrected chi connectivity index (χ4v) is 11.4. The molecule has 0 amide bonds. The highest BCUT2D eigenvalue weighted by Gasteiger charge is 2.73. The molecule has 0 spiro atoms. The van der Waals surface area contributed by atoms with Crippen LogP contribution in [-0.2, 0) is 14.3 Å². The average molecular weight is 531 g/mol. The van der Waals surface area contributed by atoms with Crippen molar-refractivity contribution in [2.24, 2.45) is 56.7 Å². The largest absolute Gasteiger partial charge is 0.465 e. The van der Waals surface area contributed by atoms with Gasteiger partial charge < -0.3 is 20.1 Å². The number of hydrogen-bond donors (Lipinski definition) is 3. The van der Waals surface area contributed by atoms with Crippen LogP contribution in [0.4, 0.5) is 0 Å². The van der Waals surface area contributed by atoms with E-state index in [2.05, 4.69) is 40.7 Å². The third kappa shape index (κ3) is 3.41. The molecule has 5 aliphatic carbocycles. The van der Waals surface area contributed by atoms with Crippen LogP contribution in [0.15, 0.2) is 11.6 Å². The zero-order chi connectivity index (χ0) is 28.2. The van der Waals surface area contributed by atoms with Gasteiger partial charge in [-0.15, -0.1) is 0 Å². The van der Waals surface area contributed by atoms with E-state index in [0.717, 1.165) is 19.3 Å². The SMILES string of the molecule is CC(=O)OCC12CCC3(C)C4C(=CCC3(C)C1C(O)CC2C(C)C)C1(C)CC(O)C(=O)C(C)(C)C1CC4O. The standard InChI is InChI=1S/C32H50O6/c1-17(2)20-13-22(35)26-31(8)10-9-19-25(30(31,7)11-12-32(20,26)16-38-18(3)33)21(34)14-24-28(4,5)27(37)23(36)15-29(19,24)6/h9,17,20-26,34-36H,10-16H2,1-8H3. The quantitative estimate of drug-likeness (QED) is 0.361. The summed E-state index contributed by atoms with van der Waals surface area (Å²) in [4.78, 5) is 25.0. The Hall–Kier alpha value is -1.24. The highest BCUT2D eigenvalue weighted by Crippen LogP contribution is 2.76. The second-order valence-electron chi connectivity index (χ2n) is 15.4. The second kappa shape index (κ2) is 8.63. The van der Waals surface area contributed by atoms with Gasteiger partial charge in [0.25, 0.3) is 0 Å². The number of aliphatic hydroxyl groups excluding tert-OH is 3. The number of fused-ring (bicyclic) bond motifs is 7. The van der Waals surface area contributed by atoms with Gasteiger partial charge in [-0.2, -0.15) is 0 Å². The van der Waals surface area contributed by atoms with E-state index < -0.39 is 23.7 Å². The van der Waals surface area contributed by atoms with Crippen molar-refractivity contribution < 1.29 is 29.6 Å². The van der Waals surface area contributed by atoms with Crippen molar-refractivity contribution in [3.63, 3.8) is 0 Å². The van der Waals surface area contributed by atoms with E-state index in [0.29, 0.717) is 31.8 Å². The Kier molecular flexibility index (Phi) is 6.43. The van der Waals surface area contributed by atoms with Crippen molar-refractivity contribution in [3.8, 4) is 0 Å². The van der Waals surface area contributed by atoms with Gasteiger partial charge >= 0.3 is 5.97 Å². The molecule has 11 unspecified atom stereocenters. The fraction of sp³-hybridized carbons (Fsp3) is 0.875. The third-order valence-corrected chi connectivity index (χ3v) is 13.2. The Balaban J connectivity index is 1.63. The molecule has 6 nitrogen and oxygen atoms in total. The van der Waals surface area contributed by atoms with E-state index >= 15 is 0 Å². The van der Waals surface area contributed by atoms with Gasteiger partial charge in [0, 0.05) is 29.6 Å². The molecular formula is C32H50O6. The molecule has 0 bridgehead atoms. The first-order valence-corrected chi connectivity index (χ1v) is 14.9.